The van der Waals surface area contributed by atoms with Gasteiger partial charge in [0, 0.05) is 29.8 Å². The Kier molecular flexibility index (Phi) is 2.82. The minimum Gasteiger partial charge on any atom is -0.505 e. The highest BCUT2D eigenvalue weighted by Gasteiger charge is 2.28. The van der Waals surface area contributed by atoms with Crippen molar-refractivity contribution in [2.75, 3.05) is 13.1 Å². The van der Waals surface area contributed by atoms with Crippen molar-refractivity contribution in [3.8, 4) is 0 Å². The van der Waals surface area contributed by atoms with E-state index in [1.807, 2.05) is 34.5 Å². The van der Waals surface area contributed by atoms with Crippen LogP contribution in [0.2, 0.25) is 0 Å². The molecule has 4 rings (SSSR count). The molecule has 21 heavy (non-hydrogen) atoms. The molecule has 0 unspecified atom stereocenters. The molecule has 6 heteroatoms. The number of aliphatic hydroxyl groups excluding tert-OH is 1. The Labute approximate surface area is 125 Å². The lowest BCUT2D eigenvalue weighted by Crippen LogP contribution is -2.36. The summed E-state index contributed by atoms with van der Waals surface area (Å²) >= 11 is 1.40. The van der Waals surface area contributed by atoms with Crippen molar-refractivity contribution in [2.45, 2.75) is 0 Å². The molecule has 0 atom stereocenters. The molecule has 0 spiro atoms. The van der Waals surface area contributed by atoms with Gasteiger partial charge in [0.05, 0.1) is 12.2 Å². The number of rotatable bonds is 2. The van der Waals surface area contributed by atoms with Crippen LogP contribution in [0.1, 0.15) is 10.6 Å². The summed E-state index contributed by atoms with van der Waals surface area (Å²) in [6.07, 6.45) is 3.33. The summed E-state index contributed by atoms with van der Waals surface area (Å²) in [6, 6.07) is 7.93. The number of hydrogen-bond donors (Lipinski definition) is 1. The molecule has 0 saturated heterocycles. The standard InChI is InChI=1S/C15H12N4OS/c20-12(15-17-6-8-21-15)9-13-18-11-4-2-1-3-10(11)14-16-5-7-19(13)14/h1-4,6,8-9,20H,5,7H2/b12-9-. The summed E-state index contributed by atoms with van der Waals surface area (Å²) in [5.74, 6) is 1.77. The Balaban J connectivity index is 1.81. The monoisotopic (exact) mass is 296 g/mol. The van der Waals surface area contributed by atoms with E-state index in [0.717, 1.165) is 30.2 Å². The molecule has 2 aliphatic rings. The van der Waals surface area contributed by atoms with Gasteiger partial charge in [-0.25, -0.2) is 9.98 Å². The number of benzene rings is 1. The predicted molar refractivity (Wildman–Crippen MR) is 84.4 cm³/mol. The zero-order chi connectivity index (χ0) is 14.2. The normalized spacial score (nSPS) is 17.1. The molecule has 0 bridgehead atoms. The summed E-state index contributed by atoms with van der Waals surface area (Å²) in [5, 5.41) is 12.6. The fourth-order valence-corrected chi connectivity index (χ4v) is 3.04. The van der Waals surface area contributed by atoms with Gasteiger partial charge in [-0.3, -0.25) is 4.99 Å². The summed E-state index contributed by atoms with van der Waals surface area (Å²) in [6.45, 7) is 1.53. The SMILES string of the molecule is O/C(=C\C1=Nc2ccccc2C2=NCCN12)c1nccs1. The largest absolute Gasteiger partial charge is 0.505 e. The topological polar surface area (TPSA) is 61.1 Å². The smallest absolute Gasteiger partial charge is 0.158 e. The van der Waals surface area contributed by atoms with E-state index in [2.05, 4.69) is 15.0 Å². The van der Waals surface area contributed by atoms with E-state index < -0.39 is 0 Å². The molecule has 3 heterocycles. The van der Waals surface area contributed by atoms with Crippen LogP contribution in [0.15, 0.2) is 51.9 Å². The summed E-state index contributed by atoms with van der Waals surface area (Å²) < 4.78 is 0. The number of fused-ring (bicyclic) bond motifs is 3. The van der Waals surface area contributed by atoms with Gasteiger partial charge in [-0.05, 0) is 12.1 Å². The molecule has 0 aliphatic carbocycles. The third-order valence-electron chi connectivity index (χ3n) is 3.41. The molecule has 0 amide bonds. The second-order valence-electron chi connectivity index (χ2n) is 4.71. The molecule has 1 aromatic heterocycles. The van der Waals surface area contributed by atoms with Crippen LogP contribution in [-0.4, -0.2) is 39.8 Å². The Bertz CT molecular complexity index is 777. The zero-order valence-electron chi connectivity index (χ0n) is 11.1. The van der Waals surface area contributed by atoms with Crippen molar-refractivity contribution < 1.29 is 5.11 Å². The number of aliphatic imine (C=N–C) groups is 2. The van der Waals surface area contributed by atoms with Crippen LogP contribution in [-0.2, 0) is 0 Å². The lowest BCUT2D eigenvalue weighted by Gasteiger charge is -2.25. The van der Waals surface area contributed by atoms with Gasteiger partial charge in [0.15, 0.2) is 10.8 Å². The second-order valence-corrected chi connectivity index (χ2v) is 5.61. The average molecular weight is 296 g/mol. The molecule has 2 aliphatic heterocycles. The lowest BCUT2D eigenvalue weighted by atomic mass is 10.1. The second kappa shape index (κ2) is 4.82. The van der Waals surface area contributed by atoms with Crippen molar-refractivity contribution in [1.29, 1.82) is 0 Å². The molecule has 0 fully saturated rings. The number of thiazole rings is 1. The number of amidine groups is 2. The third kappa shape index (κ3) is 2.04. The first-order valence-electron chi connectivity index (χ1n) is 6.63. The van der Waals surface area contributed by atoms with Gasteiger partial charge in [-0.1, -0.05) is 12.1 Å². The Morgan fingerprint density at radius 2 is 2.24 bits per heavy atom. The van der Waals surface area contributed by atoms with Crippen LogP contribution < -0.4 is 0 Å². The molecule has 1 aromatic carbocycles. The van der Waals surface area contributed by atoms with Crippen LogP contribution in [0.5, 0.6) is 0 Å². The number of nitrogens with zero attached hydrogens (tertiary/aromatic N) is 4. The van der Waals surface area contributed by atoms with Crippen LogP contribution >= 0.6 is 11.3 Å². The molecule has 1 N–H and O–H groups in total. The molecular formula is C15H12N4OS. The average Bonchev–Trinajstić information content (AvgIpc) is 3.19. The first-order chi connectivity index (χ1) is 10.3. The van der Waals surface area contributed by atoms with Gasteiger partial charge < -0.3 is 10.0 Å². The van der Waals surface area contributed by atoms with E-state index in [1.54, 1.807) is 12.3 Å². The van der Waals surface area contributed by atoms with Gasteiger partial charge in [0.1, 0.15) is 11.7 Å². The summed E-state index contributed by atoms with van der Waals surface area (Å²) in [5.41, 5.74) is 1.92. The number of aromatic nitrogens is 1. The highest BCUT2D eigenvalue weighted by atomic mass is 32.1. The predicted octanol–water partition coefficient (Wildman–Crippen LogP) is 2.85. The van der Waals surface area contributed by atoms with Crippen LogP contribution in [0.25, 0.3) is 5.76 Å². The van der Waals surface area contributed by atoms with Crippen LogP contribution in [0.4, 0.5) is 5.69 Å². The van der Waals surface area contributed by atoms with Crippen molar-refractivity contribution in [1.82, 2.24) is 9.88 Å². The minimum atomic E-state index is 0.134. The van der Waals surface area contributed by atoms with Crippen molar-refractivity contribution in [3.63, 3.8) is 0 Å². The maximum Gasteiger partial charge on any atom is 0.158 e. The quantitative estimate of drug-likeness (QED) is 0.867. The lowest BCUT2D eigenvalue weighted by molar-refractivity contribution is 0.510. The fraction of sp³-hybridized carbons (Fsp3) is 0.133. The van der Waals surface area contributed by atoms with Crippen LogP contribution in [0, 0.1) is 0 Å². The molecule has 2 aromatic rings. The highest BCUT2D eigenvalue weighted by molar-refractivity contribution is 7.10. The summed E-state index contributed by atoms with van der Waals surface area (Å²) in [4.78, 5) is 15.3. The Morgan fingerprint density at radius 1 is 1.33 bits per heavy atom. The maximum absolute atomic E-state index is 10.2. The molecule has 0 saturated carbocycles. The maximum atomic E-state index is 10.2. The van der Waals surface area contributed by atoms with Gasteiger partial charge in [0.2, 0.25) is 0 Å². The number of para-hydroxylation sites is 1. The Morgan fingerprint density at radius 3 is 3.10 bits per heavy atom. The van der Waals surface area contributed by atoms with Gasteiger partial charge in [-0.15, -0.1) is 11.3 Å². The first kappa shape index (κ1) is 12.3. The Hall–Kier alpha value is -2.47. The third-order valence-corrected chi connectivity index (χ3v) is 4.21. The van der Waals surface area contributed by atoms with E-state index in [9.17, 15) is 5.11 Å². The zero-order valence-corrected chi connectivity index (χ0v) is 11.9. The van der Waals surface area contributed by atoms with E-state index in [0.29, 0.717) is 10.8 Å². The van der Waals surface area contributed by atoms with Gasteiger partial charge in [-0.2, -0.15) is 0 Å². The fourth-order valence-electron chi connectivity index (χ4n) is 2.49. The van der Waals surface area contributed by atoms with Crippen molar-refractivity contribution in [2.24, 2.45) is 9.98 Å². The minimum absolute atomic E-state index is 0.134. The van der Waals surface area contributed by atoms with E-state index in [4.69, 9.17) is 0 Å². The molecule has 5 nitrogen and oxygen atoms in total. The van der Waals surface area contributed by atoms with Gasteiger partial charge in [0.25, 0.3) is 0 Å². The van der Waals surface area contributed by atoms with E-state index in [1.165, 1.54) is 11.3 Å². The highest BCUT2D eigenvalue weighted by Crippen LogP contribution is 2.29. The number of aliphatic hydroxyl groups is 1. The van der Waals surface area contributed by atoms with Crippen molar-refractivity contribution in [3.05, 3.63) is 52.5 Å². The molecule has 104 valence electrons. The molecular weight excluding hydrogens is 284 g/mol. The van der Waals surface area contributed by atoms with Crippen molar-refractivity contribution >= 4 is 34.5 Å². The van der Waals surface area contributed by atoms with Crippen LogP contribution in [0.3, 0.4) is 0 Å². The number of hydrogen-bond acceptors (Lipinski definition) is 6. The first-order valence-corrected chi connectivity index (χ1v) is 7.51. The molecule has 0 radical (unpaired) electrons. The van der Waals surface area contributed by atoms with Gasteiger partial charge >= 0.3 is 0 Å². The van der Waals surface area contributed by atoms with E-state index in [-0.39, 0.29) is 5.76 Å². The van der Waals surface area contributed by atoms with E-state index >= 15 is 0 Å². The summed E-state index contributed by atoms with van der Waals surface area (Å²) in [7, 11) is 0.